The van der Waals surface area contributed by atoms with Gasteiger partial charge in [0.1, 0.15) is 23.0 Å². The second-order valence-electron chi connectivity index (χ2n) is 7.27. The van der Waals surface area contributed by atoms with Gasteiger partial charge in [-0.1, -0.05) is 51.9 Å². The first kappa shape index (κ1) is 23.9. The lowest BCUT2D eigenvalue weighted by molar-refractivity contribution is -0.153. The molecule has 3 nitrogen and oxygen atoms in total. The van der Waals surface area contributed by atoms with Crippen molar-refractivity contribution >= 4 is 0 Å². The maximum atomic E-state index is 12.2. The van der Waals surface area contributed by atoms with Crippen LogP contribution < -0.4 is 14.2 Å². The molecule has 0 aliphatic carbocycles. The Hall–Kier alpha value is -2.37. The van der Waals surface area contributed by atoms with E-state index in [0.717, 1.165) is 12.2 Å². The predicted molar refractivity (Wildman–Crippen MR) is 113 cm³/mol. The molecule has 2 aromatic rings. The molecule has 0 aliphatic rings. The fourth-order valence-corrected chi connectivity index (χ4v) is 2.94. The van der Waals surface area contributed by atoms with Gasteiger partial charge in [-0.15, -0.1) is 0 Å². The number of halogens is 3. The van der Waals surface area contributed by atoms with E-state index in [1.165, 1.54) is 57.1 Å². The normalized spacial score (nSPS) is 11.3. The number of hydrogen-bond donors (Lipinski definition) is 0. The van der Waals surface area contributed by atoms with E-state index in [1.807, 2.05) is 12.1 Å². The van der Waals surface area contributed by atoms with E-state index >= 15 is 0 Å². The van der Waals surface area contributed by atoms with Crippen LogP contribution in [0.25, 0.3) is 0 Å². The quantitative estimate of drug-likeness (QED) is 0.288. The van der Waals surface area contributed by atoms with Crippen LogP contribution in [0.2, 0.25) is 0 Å². The molecule has 2 rings (SSSR count). The van der Waals surface area contributed by atoms with Crippen LogP contribution in [0.3, 0.4) is 0 Å². The van der Waals surface area contributed by atoms with Gasteiger partial charge in [-0.2, -0.15) is 13.2 Å². The highest BCUT2D eigenvalue weighted by atomic mass is 19.4. The van der Waals surface area contributed by atoms with Crippen molar-refractivity contribution in [1.82, 2.24) is 0 Å². The van der Waals surface area contributed by atoms with E-state index in [9.17, 15) is 13.2 Å². The molecule has 0 radical (unpaired) electrons. The first-order valence-electron chi connectivity index (χ1n) is 10.7. The molecule has 2 aromatic carbocycles. The summed E-state index contributed by atoms with van der Waals surface area (Å²) < 4.78 is 52.6. The van der Waals surface area contributed by atoms with Gasteiger partial charge in [0.2, 0.25) is 0 Å². The second kappa shape index (κ2) is 13.0. The highest BCUT2D eigenvalue weighted by Crippen LogP contribution is 2.26. The van der Waals surface area contributed by atoms with Gasteiger partial charge >= 0.3 is 6.18 Å². The summed E-state index contributed by atoms with van der Waals surface area (Å²) in [7, 11) is 0. The summed E-state index contributed by atoms with van der Waals surface area (Å²) in [6, 6.07) is 13.3. The van der Waals surface area contributed by atoms with Gasteiger partial charge in [-0.3, -0.25) is 0 Å². The Morgan fingerprint density at radius 2 is 1.03 bits per heavy atom. The summed E-state index contributed by atoms with van der Waals surface area (Å²) >= 11 is 0. The third-order valence-corrected chi connectivity index (χ3v) is 4.55. The van der Waals surface area contributed by atoms with E-state index in [1.54, 1.807) is 24.3 Å². The average Bonchev–Trinajstić information content (AvgIpc) is 2.73. The highest BCUT2D eigenvalue weighted by Gasteiger charge is 2.28. The topological polar surface area (TPSA) is 27.7 Å². The number of benzene rings is 2. The lowest BCUT2D eigenvalue weighted by Gasteiger charge is -2.11. The summed E-state index contributed by atoms with van der Waals surface area (Å²) in [6.45, 7) is 1.62. The first-order chi connectivity index (χ1) is 14.5. The average molecular weight is 425 g/mol. The van der Waals surface area contributed by atoms with E-state index in [2.05, 4.69) is 11.7 Å². The summed E-state index contributed by atoms with van der Waals surface area (Å²) in [6.07, 6.45) is 5.75. The van der Waals surface area contributed by atoms with Crippen molar-refractivity contribution in [2.45, 2.75) is 64.5 Å². The van der Waals surface area contributed by atoms with Gasteiger partial charge < -0.3 is 14.2 Å². The zero-order chi connectivity index (χ0) is 21.7. The lowest BCUT2D eigenvalue weighted by atomic mass is 10.1. The van der Waals surface area contributed by atoms with Crippen LogP contribution in [-0.4, -0.2) is 19.4 Å². The van der Waals surface area contributed by atoms with Crippen molar-refractivity contribution in [2.75, 3.05) is 13.2 Å². The number of hydrogen-bond acceptors (Lipinski definition) is 3. The Balaban J connectivity index is 1.64. The fraction of sp³-hybridized carbons (Fsp3) is 0.500. The zero-order valence-corrected chi connectivity index (χ0v) is 17.5. The smallest absolute Gasteiger partial charge is 0.422 e. The molecule has 0 aromatic heterocycles. The molecule has 0 spiro atoms. The monoisotopic (exact) mass is 424 g/mol. The van der Waals surface area contributed by atoms with E-state index in [4.69, 9.17) is 9.47 Å². The molecular weight excluding hydrogens is 393 g/mol. The number of alkyl halides is 3. The van der Waals surface area contributed by atoms with E-state index in [-0.39, 0.29) is 5.75 Å². The molecule has 6 heteroatoms. The Labute approximate surface area is 177 Å². The molecular formula is C24H31F3O3. The summed E-state index contributed by atoms with van der Waals surface area (Å²) in [5.74, 6) is 2.07. The Kier molecular flexibility index (Phi) is 10.4. The third kappa shape index (κ3) is 10.4. The minimum absolute atomic E-state index is 0.143. The second-order valence-corrected chi connectivity index (χ2v) is 7.27. The molecule has 0 N–H and O–H groups in total. The first-order valence-corrected chi connectivity index (χ1v) is 10.7. The van der Waals surface area contributed by atoms with E-state index < -0.39 is 12.8 Å². The van der Waals surface area contributed by atoms with Crippen LogP contribution in [0.5, 0.6) is 23.0 Å². The Morgan fingerprint density at radius 3 is 1.53 bits per heavy atom. The molecule has 0 bridgehead atoms. The molecule has 0 unspecified atom stereocenters. The summed E-state index contributed by atoms with van der Waals surface area (Å²) in [4.78, 5) is 0. The van der Waals surface area contributed by atoms with Crippen LogP contribution in [0.1, 0.15) is 58.3 Å². The van der Waals surface area contributed by atoms with Crippen molar-refractivity contribution < 1.29 is 27.4 Å². The molecule has 0 heterocycles. The van der Waals surface area contributed by atoms with Crippen molar-refractivity contribution in [2.24, 2.45) is 0 Å². The molecule has 0 saturated carbocycles. The van der Waals surface area contributed by atoms with Gasteiger partial charge in [0.15, 0.2) is 6.61 Å². The fourth-order valence-electron chi connectivity index (χ4n) is 2.94. The largest absolute Gasteiger partial charge is 0.494 e. The maximum absolute atomic E-state index is 12.2. The number of ether oxygens (including phenoxy) is 3. The predicted octanol–water partition coefficient (Wildman–Crippen LogP) is 7.94. The highest BCUT2D eigenvalue weighted by molar-refractivity contribution is 5.37. The van der Waals surface area contributed by atoms with Crippen LogP contribution >= 0.6 is 0 Å². The van der Waals surface area contributed by atoms with Gasteiger partial charge in [0.25, 0.3) is 0 Å². The zero-order valence-electron chi connectivity index (χ0n) is 17.5. The van der Waals surface area contributed by atoms with Crippen molar-refractivity contribution in [3.8, 4) is 23.0 Å². The summed E-state index contributed by atoms with van der Waals surface area (Å²) in [5, 5.41) is 0. The summed E-state index contributed by atoms with van der Waals surface area (Å²) in [5.41, 5.74) is 0. The van der Waals surface area contributed by atoms with Crippen molar-refractivity contribution in [3.05, 3.63) is 48.5 Å². The molecule has 0 saturated heterocycles. The number of rotatable bonds is 14. The Morgan fingerprint density at radius 1 is 0.600 bits per heavy atom. The van der Waals surface area contributed by atoms with Crippen LogP contribution in [0.4, 0.5) is 13.2 Å². The van der Waals surface area contributed by atoms with Crippen molar-refractivity contribution in [1.29, 1.82) is 0 Å². The third-order valence-electron chi connectivity index (χ3n) is 4.55. The van der Waals surface area contributed by atoms with Crippen molar-refractivity contribution in [3.63, 3.8) is 0 Å². The molecule has 0 amide bonds. The van der Waals surface area contributed by atoms with Gasteiger partial charge in [-0.05, 0) is 55.0 Å². The molecule has 166 valence electrons. The van der Waals surface area contributed by atoms with Gasteiger partial charge in [-0.25, -0.2) is 0 Å². The maximum Gasteiger partial charge on any atom is 0.422 e. The SMILES string of the molecule is CCCCCCCCCCOc1ccc(Oc2ccc(OCC(F)(F)F)cc2)cc1. The molecule has 0 fully saturated rings. The lowest BCUT2D eigenvalue weighted by Crippen LogP contribution is -2.19. The standard InChI is InChI=1S/C24H31F3O3/c1-2-3-4-5-6-7-8-9-18-28-20-10-14-22(15-11-20)30-23-16-12-21(13-17-23)29-19-24(25,26)27/h10-17H,2-9,18-19H2,1H3. The van der Waals surface area contributed by atoms with E-state index in [0.29, 0.717) is 18.1 Å². The van der Waals surface area contributed by atoms with Gasteiger partial charge in [0, 0.05) is 0 Å². The molecule has 30 heavy (non-hydrogen) atoms. The Bertz CT molecular complexity index is 697. The van der Waals surface area contributed by atoms with Crippen LogP contribution in [-0.2, 0) is 0 Å². The minimum Gasteiger partial charge on any atom is -0.494 e. The van der Waals surface area contributed by atoms with Crippen LogP contribution in [0, 0.1) is 0 Å². The number of unbranched alkanes of at least 4 members (excludes halogenated alkanes) is 7. The molecule has 0 atom stereocenters. The minimum atomic E-state index is -4.35. The van der Waals surface area contributed by atoms with Crippen LogP contribution in [0.15, 0.2) is 48.5 Å². The molecule has 0 aliphatic heterocycles. The van der Waals surface area contributed by atoms with Gasteiger partial charge in [0.05, 0.1) is 6.61 Å².